The van der Waals surface area contributed by atoms with Crippen molar-refractivity contribution >= 4 is 15.8 Å². The summed E-state index contributed by atoms with van der Waals surface area (Å²) in [4.78, 5) is 11.7. The van der Waals surface area contributed by atoms with Gasteiger partial charge in [-0.05, 0) is 6.92 Å². The Hall–Kier alpha value is -1.24. The topological polar surface area (TPSA) is 72.5 Å². The Labute approximate surface area is 107 Å². The molecule has 1 atom stereocenters. The quantitative estimate of drug-likeness (QED) is 0.745. The Morgan fingerprint density at radius 2 is 1.94 bits per heavy atom. The third kappa shape index (κ3) is 4.95. The zero-order valence-corrected chi connectivity index (χ0v) is 11.2. The van der Waals surface area contributed by atoms with Crippen LogP contribution < -0.4 is 4.72 Å². The van der Waals surface area contributed by atoms with E-state index < -0.39 is 21.6 Å². The van der Waals surface area contributed by atoms with E-state index in [2.05, 4.69) is 4.72 Å². The Balaban J connectivity index is 2.64. The summed E-state index contributed by atoms with van der Waals surface area (Å²) < 4.78 is 30.6. The van der Waals surface area contributed by atoms with Gasteiger partial charge in [0, 0.05) is 18.7 Å². The van der Waals surface area contributed by atoms with Gasteiger partial charge >= 0.3 is 0 Å². The van der Waals surface area contributed by atoms with Crippen molar-refractivity contribution in [1.82, 2.24) is 4.72 Å². The van der Waals surface area contributed by atoms with E-state index in [4.69, 9.17) is 4.74 Å². The summed E-state index contributed by atoms with van der Waals surface area (Å²) in [6, 6.07) is 7.99. The fourth-order valence-electron chi connectivity index (χ4n) is 1.51. The summed E-state index contributed by atoms with van der Waals surface area (Å²) in [5, 5.41) is 0. The van der Waals surface area contributed by atoms with E-state index in [0.29, 0.717) is 5.56 Å². The number of rotatable bonds is 7. The van der Waals surface area contributed by atoms with Gasteiger partial charge in [-0.3, -0.25) is 4.79 Å². The highest BCUT2D eigenvalue weighted by molar-refractivity contribution is 7.90. The van der Waals surface area contributed by atoms with Crippen LogP contribution in [0.5, 0.6) is 0 Å². The first kappa shape index (κ1) is 14.8. The summed E-state index contributed by atoms with van der Waals surface area (Å²) in [6.07, 6.45) is 0. The minimum atomic E-state index is -3.63. The summed E-state index contributed by atoms with van der Waals surface area (Å²) >= 11 is 0. The zero-order valence-electron chi connectivity index (χ0n) is 10.4. The molecule has 5 nitrogen and oxygen atoms in total. The van der Waals surface area contributed by atoms with Crippen LogP contribution in [0.2, 0.25) is 0 Å². The molecule has 0 aliphatic carbocycles. The van der Waals surface area contributed by atoms with Gasteiger partial charge in [-0.25, -0.2) is 13.1 Å². The molecule has 6 heteroatoms. The van der Waals surface area contributed by atoms with Gasteiger partial charge in [-0.2, -0.15) is 0 Å². The largest absolute Gasteiger partial charge is 0.383 e. The lowest BCUT2D eigenvalue weighted by Gasteiger charge is -2.12. The Morgan fingerprint density at radius 1 is 1.33 bits per heavy atom. The van der Waals surface area contributed by atoms with Crippen LogP contribution in [-0.2, 0) is 14.8 Å². The molecular formula is C12H17NO4S. The predicted octanol–water partition coefficient (Wildman–Crippen LogP) is 0.824. The second-order valence-corrected chi connectivity index (χ2v) is 5.78. The summed E-state index contributed by atoms with van der Waals surface area (Å²) in [5.41, 5.74) is 0.391. The number of carbonyl (C=O) groups is 1. The summed E-state index contributed by atoms with van der Waals surface area (Å²) in [7, 11) is -2.14. The SMILES string of the molecule is COC[C@@H](C)NS(=O)(=O)CC(=O)c1ccccc1. The lowest BCUT2D eigenvalue weighted by molar-refractivity contribution is 0.102. The fraction of sp³-hybridized carbons (Fsp3) is 0.417. The third-order valence-electron chi connectivity index (χ3n) is 2.21. The number of nitrogens with one attached hydrogen (secondary N) is 1. The van der Waals surface area contributed by atoms with Crippen molar-refractivity contribution in [1.29, 1.82) is 0 Å². The molecule has 0 spiro atoms. The maximum atomic E-state index is 11.7. The standard InChI is InChI=1S/C12H17NO4S/c1-10(8-17-2)13-18(15,16)9-12(14)11-6-4-3-5-7-11/h3-7,10,13H,8-9H2,1-2H3/t10-/m1/s1. The second-order valence-electron chi connectivity index (χ2n) is 4.02. The van der Waals surface area contributed by atoms with Crippen LogP contribution in [0.3, 0.4) is 0 Å². The highest BCUT2D eigenvalue weighted by Crippen LogP contribution is 2.02. The minimum Gasteiger partial charge on any atom is -0.383 e. The van der Waals surface area contributed by atoms with Gasteiger partial charge in [0.05, 0.1) is 6.61 Å². The number of benzene rings is 1. The van der Waals surface area contributed by atoms with Crippen LogP contribution in [-0.4, -0.2) is 39.7 Å². The normalized spacial score (nSPS) is 13.2. The first-order valence-corrected chi connectivity index (χ1v) is 7.17. The molecule has 0 fully saturated rings. The molecule has 0 aromatic heterocycles. The zero-order chi connectivity index (χ0) is 13.6. The molecule has 0 radical (unpaired) electrons. The van der Waals surface area contributed by atoms with Crippen molar-refractivity contribution in [3.63, 3.8) is 0 Å². The summed E-state index contributed by atoms with van der Waals surface area (Å²) in [5.74, 6) is -0.974. The van der Waals surface area contributed by atoms with Crippen molar-refractivity contribution in [2.24, 2.45) is 0 Å². The molecule has 18 heavy (non-hydrogen) atoms. The molecule has 1 N–H and O–H groups in total. The summed E-state index contributed by atoms with van der Waals surface area (Å²) in [6.45, 7) is 1.94. The molecule has 0 saturated heterocycles. The first-order chi connectivity index (χ1) is 8.44. The minimum absolute atomic E-state index is 0.263. The number of Topliss-reactive ketones (excluding diaryl/α,β-unsaturated/α-hetero) is 1. The van der Waals surface area contributed by atoms with Gasteiger partial charge in [0.2, 0.25) is 10.0 Å². The first-order valence-electron chi connectivity index (χ1n) is 5.52. The number of sulfonamides is 1. The van der Waals surface area contributed by atoms with Gasteiger partial charge in [0.1, 0.15) is 5.75 Å². The van der Waals surface area contributed by atoms with E-state index in [1.165, 1.54) is 7.11 Å². The van der Waals surface area contributed by atoms with Crippen molar-refractivity contribution in [3.8, 4) is 0 Å². The van der Waals surface area contributed by atoms with Crippen LogP contribution in [0.4, 0.5) is 0 Å². The van der Waals surface area contributed by atoms with Gasteiger partial charge in [0.15, 0.2) is 5.78 Å². The average Bonchev–Trinajstić information content (AvgIpc) is 2.29. The van der Waals surface area contributed by atoms with E-state index in [-0.39, 0.29) is 12.6 Å². The van der Waals surface area contributed by atoms with Crippen LogP contribution in [0.1, 0.15) is 17.3 Å². The Bertz CT molecular complexity index is 484. The molecule has 0 bridgehead atoms. The molecule has 1 rings (SSSR count). The molecule has 0 saturated carbocycles. The van der Waals surface area contributed by atoms with Gasteiger partial charge in [-0.1, -0.05) is 30.3 Å². The highest BCUT2D eigenvalue weighted by atomic mass is 32.2. The predicted molar refractivity (Wildman–Crippen MR) is 69.0 cm³/mol. The van der Waals surface area contributed by atoms with E-state index in [0.717, 1.165) is 0 Å². The number of methoxy groups -OCH3 is 1. The number of hydrogen-bond donors (Lipinski definition) is 1. The average molecular weight is 271 g/mol. The van der Waals surface area contributed by atoms with Gasteiger partial charge in [-0.15, -0.1) is 0 Å². The second kappa shape index (κ2) is 6.63. The molecule has 1 aromatic carbocycles. The lowest BCUT2D eigenvalue weighted by Crippen LogP contribution is -2.38. The third-order valence-corrected chi connectivity index (χ3v) is 3.62. The van der Waals surface area contributed by atoms with E-state index in [9.17, 15) is 13.2 Å². The Morgan fingerprint density at radius 3 is 2.50 bits per heavy atom. The maximum Gasteiger partial charge on any atom is 0.219 e. The van der Waals surface area contributed by atoms with Crippen molar-refractivity contribution in [2.45, 2.75) is 13.0 Å². The molecule has 0 unspecified atom stereocenters. The van der Waals surface area contributed by atoms with Crippen LogP contribution in [0, 0.1) is 0 Å². The maximum absolute atomic E-state index is 11.7. The highest BCUT2D eigenvalue weighted by Gasteiger charge is 2.19. The number of carbonyl (C=O) groups excluding carboxylic acids is 1. The van der Waals surface area contributed by atoms with Crippen molar-refractivity contribution < 1.29 is 17.9 Å². The monoisotopic (exact) mass is 271 g/mol. The van der Waals surface area contributed by atoms with Crippen LogP contribution in [0.15, 0.2) is 30.3 Å². The van der Waals surface area contributed by atoms with Crippen LogP contribution in [0.25, 0.3) is 0 Å². The molecule has 0 amide bonds. The molecule has 1 aromatic rings. The number of ether oxygens (including phenoxy) is 1. The lowest BCUT2D eigenvalue weighted by atomic mass is 10.2. The molecule has 0 aliphatic rings. The molecule has 100 valence electrons. The fourth-order valence-corrected chi connectivity index (χ4v) is 2.79. The van der Waals surface area contributed by atoms with Crippen molar-refractivity contribution in [2.75, 3.05) is 19.5 Å². The van der Waals surface area contributed by atoms with E-state index >= 15 is 0 Å². The Kier molecular flexibility index (Phi) is 5.46. The van der Waals surface area contributed by atoms with Gasteiger partial charge in [0.25, 0.3) is 0 Å². The number of ketones is 1. The van der Waals surface area contributed by atoms with Crippen LogP contribution >= 0.6 is 0 Å². The molecule has 0 aliphatic heterocycles. The van der Waals surface area contributed by atoms with E-state index in [1.807, 2.05) is 0 Å². The molecular weight excluding hydrogens is 254 g/mol. The molecule has 0 heterocycles. The van der Waals surface area contributed by atoms with E-state index in [1.54, 1.807) is 37.3 Å². The van der Waals surface area contributed by atoms with Gasteiger partial charge < -0.3 is 4.74 Å². The number of hydrogen-bond acceptors (Lipinski definition) is 4. The van der Waals surface area contributed by atoms with Crippen molar-refractivity contribution in [3.05, 3.63) is 35.9 Å². The smallest absolute Gasteiger partial charge is 0.219 e.